The molecule has 4 heteroatoms. The monoisotopic (exact) mass is 263 g/mol. The Kier molecular flexibility index (Phi) is 3.60. The Hall–Kier alpha value is -1.29. The number of aliphatic carboxylic acids is 1. The first-order chi connectivity index (χ1) is 9.24. The van der Waals surface area contributed by atoms with Gasteiger partial charge in [0.1, 0.15) is 5.76 Å². The van der Waals surface area contributed by atoms with Gasteiger partial charge in [0.05, 0.1) is 6.26 Å². The van der Waals surface area contributed by atoms with Crippen LogP contribution in [0.3, 0.4) is 0 Å². The van der Waals surface area contributed by atoms with Crippen molar-refractivity contribution in [1.82, 2.24) is 4.90 Å². The number of fused-ring (bicyclic) bond motifs is 1. The lowest BCUT2D eigenvalue weighted by molar-refractivity contribution is -0.137. The highest BCUT2D eigenvalue weighted by atomic mass is 16.4. The minimum Gasteiger partial charge on any atom is -0.481 e. The molecule has 1 fully saturated rings. The fourth-order valence-corrected chi connectivity index (χ4v) is 3.55. The molecule has 1 N–H and O–H groups in total. The van der Waals surface area contributed by atoms with Crippen molar-refractivity contribution in [2.45, 2.75) is 44.6 Å². The number of likely N-dealkylation sites (tertiary alicyclic amines) is 1. The third-order valence-corrected chi connectivity index (χ3v) is 4.54. The first kappa shape index (κ1) is 12.7. The molecule has 3 rings (SSSR count). The molecule has 2 unspecified atom stereocenters. The van der Waals surface area contributed by atoms with Crippen molar-refractivity contribution in [3.63, 3.8) is 0 Å². The van der Waals surface area contributed by atoms with Crippen LogP contribution in [0, 0.1) is 5.92 Å². The summed E-state index contributed by atoms with van der Waals surface area (Å²) in [5.74, 6) is 1.03. The van der Waals surface area contributed by atoms with Crippen molar-refractivity contribution < 1.29 is 14.3 Å². The van der Waals surface area contributed by atoms with Gasteiger partial charge >= 0.3 is 5.97 Å². The maximum Gasteiger partial charge on any atom is 0.303 e. The van der Waals surface area contributed by atoms with Gasteiger partial charge in [-0.2, -0.15) is 0 Å². The summed E-state index contributed by atoms with van der Waals surface area (Å²) in [5, 5.41) is 8.76. The van der Waals surface area contributed by atoms with E-state index in [0.717, 1.165) is 38.1 Å². The standard InChI is InChI=1S/C15H21NO3/c17-15(18)5-4-11-6-8-16(10-11)13-2-1-3-14-12(13)7-9-19-14/h7,9,11,13H,1-6,8,10H2,(H,17,18). The quantitative estimate of drug-likeness (QED) is 0.907. The van der Waals surface area contributed by atoms with Gasteiger partial charge in [-0.25, -0.2) is 0 Å². The molecular weight excluding hydrogens is 242 g/mol. The molecule has 19 heavy (non-hydrogen) atoms. The summed E-state index contributed by atoms with van der Waals surface area (Å²) in [6.07, 6.45) is 7.53. The van der Waals surface area contributed by atoms with Crippen LogP contribution >= 0.6 is 0 Å². The van der Waals surface area contributed by atoms with Gasteiger partial charge in [-0.15, -0.1) is 0 Å². The highest BCUT2D eigenvalue weighted by Crippen LogP contribution is 2.38. The summed E-state index contributed by atoms with van der Waals surface area (Å²) in [6.45, 7) is 2.14. The number of hydrogen-bond acceptors (Lipinski definition) is 3. The van der Waals surface area contributed by atoms with Crippen LogP contribution in [0.1, 0.15) is 49.5 Å². The van der Waals surface area contributed by atoms with Gasteiger partial charge in [0.15, 0.2) is 0 Å². The number of hydrogen-bond donors (Lipinski definition) is 1. The SMILES string of the molecule is O=C(O)CCC1CCN(C2CCCc3occc32)C1. The van der Waals surface area contributed by atoms with E-state index in [1.807, 2.05) is 0 Å². The van der Waals surface area contributed by atoms with E-state index in [1.54, 1.807) is 6.26 Å². The first-order valence-electron chi connectivity index (χ1n) is 7.26. The molecule has 2 atom stereocenters. The highest BCUT2D eigenvalue weighted by Gasteiger charge is 2.32. The Morgan fingerprint density at radius 1 is 1.47 bits per heavy atom. The molecule has 104 valence electrons. The van der Waals surface area contributed by atoms with Gasteiger partial charge < -0.3 is 9.52 Å². The third kappa shape index (κ3) is 2.68. The molecule has 4 nitrogen and oxygen atoms in total. The van der Waals surface area contributed by atoms with Gasteiger partial charge in [0.2, 0.25) is 0 Å². The summed E-state index contributed by atoms with van der Waals surface area (Å²) in [6, 6.07) is 2.61. The summed E-state index contributed by atoms with van der Waals surface area (Å²) in [7, 11) is 0. The Morgan fingerprint density at radius 3 is 3.21 bits per heavy atom. The predicted octanol–water partition coefficient (Wildman–Crippen LogP) is 2.84. The third-order valence-electron chi connectivity index (χ3n) is 4.54. The lowest BCUT2D eigenvalue weighted by Gasteiger charge is -2.30. The second-order valence-electron chi connectivity index (χ2n) is 5.79. The van der Waals surface area contributed by atoms with Crippen molar-refractivity contribution in [3.8, 4) is 0 Å². The van der Waals surface area contributed by atoms with E-state index in [-0.39, 0.29) is 0 Å². The molecule has 0 aromatic carbocycles. The van der Waals surface area contributed by atoms with Crippen molar-refractivity contribution in [2.24, 2.45) is 5.92 Å². The average molecular weight is 263 g/mol. The molecule has 0 saturated carbocycles. The summed E-state index contributed by atoms with van der Waals surface area (Å²) >= 11 is 0. The topological polar surface area (TPSA) is 53.7 Å². The van der Waals surface area contributed by atoms with Crippen molar-refractivity contribution in [2.75, 3.05) is 13.1 Å². The Bertz CT molecular complexity index is 454. The van der Waals surface area contributed by atoms with Crippen molar-refractivity contribution >= 4 is 5.97 Å². The summed E-state index contributed by atoms with van der Waals surface area (Å²) in [4.78, 5) is 13.2. The predicted molar refractivity (Wildman–Crippen MR) is 70.9 cm³/mol. The number of rotatable bonds is 4. The Balaban J connectivity index is 1.61. The molecule has 1 aromatic rings. The molecule has 0 bridgehead atoms. The van der Waals surface area contributed by atoms with Gasteiger partial charge in [0.25, 0.3) is 0 Å². The minimum atomic E-state index is -0.673. The lowest BCUT2D eigenvalue weighted by Crippen LogP contribution is -2.29. The van der Waals surface area contributed by atoms with Crippen LogP contribution in [0.5, 0.6) is 0 Å². The molecule has 1 saturated heterocycles. The van der Waals surface area contributed by atoms with E-state index in [1.165, 1.54) is 18.4 Å². The van der Waals surface area contributed by atoms with E-state index in [2.05, 4.69) is 11.0 Å². The van der Waals surface area contributed by atoms with Crippen LogP contribution in [0.25, 0.3) is 0 Å². The normalized spacial score (nSPS) is 27.4. The van der Waals surface area contributed by atoms with Gasteiger partial charge in [0, 0.05) is 31.0 Å². The molecule has 0 radical (unpaired) electrons. The van der Waals surface area contributed by atoms with Crippen molar-refractivity contribution in [1.29, 1.82) is 0 Å². The van der Waals surface area contributed by atoms with Crippen molar-refractivity contribution in [3.05, 3.63) is 23.7 Å². The molecule has 1 aliphatic carbocycles. The largest absolute Gasteiger partial charge is 0.481 e. The maximum atomic E-state index is 10.6. The number of carbonyl (C=O) groups is 1. The Labute approximate surface area is 113 Å². The van der Waals surface area contributed by atoms with Crippen LogP contribution in [0.15, 0.2) is 16.7 Å². The van der Waals surface area contributed by atoms with E-state index in [4.69, 9.17) is 9.52 Å². The Morgan fingerprint density at radius 2 is 2.37 bits per heavy atom. The van der Waals surface area contributed by atoms with Crippen LogP contribution < -0.4 is 0 Å². The second-order valence-corrected chi connectivity index (χ2v) is 5.79. The molecule has 1 aliphatic heterocycles. The summed E-state index contributed by atoms with van der Waals surface area (Å²) in [5.41, 5.74) is 1.37. The lowest BCUT2D eigenvalue weighted by atomic mass is 9.92. The minimum absolute atomic E-state index is 0.306. The fraction of sp³-hybridized carbons (Fsp3) is 0.667. The zero-order chi connectivity index (χ0) is 13.2. The first-order valence-corrected chi connectivity index (χ1v) is 7.26. The van der Waals surface area contributed by atoms with Crippen LogP contribution in [-0.4, -0.2) is 29.1 Å². The van der Waals surface area contributed by atoms with Crippen LogP contribution in [0.4, 0.5) is 0 Å². The number of carboxylic acids is 1. The van der Waals surface area contributed by atoms with Gasteiger partial charge in [-0.1, -0.05) is 0 Å². The molecular formula is C15H21NO3. The van der Waals surface area contributed by atoms with Gasteiger partial charge in [-0.05, 0) is 44.2 Å². The number of furan rings is 1. The zero-order valence-electron chi connectivity index (χ0n) is 11.2. The number of carboxylic acid groups (broad SMARTS) is 1. The van der Waals surface area contributed by atoms with Crippen LogP contribution in [0.2, 0.25) is 0 Å². The highest BCUT2D eigenvalue weighted by molar-refractivity contribution is 5.66. The number of aryl methyl sites for hydroxylation is 1. The molecule has 2 aliphatic rings. The van der Waals surface area contributed by atoms with Gasteiger partial charge in [-0.3, -0.25) is 9.69 Å². The van der Waals surface area contributed by atoms with E-state index in [0.29, 0.717) is 18.4 Å². The second kappa shape index (κ2) is 5.37. The smallest absolute Gasteiger partial charge is 0.303 e. The molecule has 0 amide bonds. The fourth-order valence-electron chi connectivity index (χ4n) is 3.55. The molecule has 1 aromatic heterocycles. The van der Waals surface area contributed by atoms with E-state index < -0.39 is 5.97 Å². The van der Waals surface area contributed by atoms with E-state index in [9.17, 15) is 4.79 Å². The zero-order valence-corrected chi connectivity index (χ0v) is 11.2. The van der Waals surface area contributed by atoms with Crippen LogP contribution in [-0.2, 0) is 11.2 Å². The summed E-state index contributed by atoms with van der Waals surface area (Å²) < 4.78 is 5.55. The molecule has 2 heterocycles. The molecule has 0 spiro atoms. The maximum absolute atomic E-state index is 10.6. The number of nitrogens with zero attached hydrogens (tertiary/aromatic N) is 1. The van der Waals surface area contributed by atoms with E-state index >= 15 is 0 Å². The average Bonchev–Trinajstić information content (AvgIpc) is 3.04.